The van der Waals surface area contributed by atoms with Gasteiger partial charge >= 0.3 is 0 Å². The van der Waals surface area contributed by atoms with Crippen molar-refractivity contribution in [2.75, 3.05) is 6.54 Å². The third kappa shape index (κ3) is 3.27. The first-order valence-corrected chi connectivity index (χ1v) is 8.44. The van der Waals surface area contributed by atoms with Crippen LogP contribution in [-0.4, -0.2) is 16.3 Å². The smallest absolute Gasteiger partial charge is 0.0837 e. The second kappa shape index (κ2) is 7.07. The third-order valence-electron chi connectivity index (χ3n) is 3.08. The summed E-state index contributed by atoms with van der Waals surface area (Å²) in [6.45, 7) is 5.77. The van der Waals surface area contributed by atoms with Gasteiger partial charge in [0.05, 0.1) is 23.0 Å². The molecular weight excluding hydrogens is 405 g/mol. The Labute approximate surface area is 141 Å². The molecule has 1 aromatic heterocycles. The van der Waals surface area contributed by atoms with Crippen molar-refractivity contribution in [2.45, 2.75) is 26.4 Å². The van der Waals surface area contributed by atoms with Gasteiger partial charge in [0.1, 0.15) is 0 Å². The maximum Gasteiger partial charge on any atom is 0.0837 e. The zero-order chi connectivity index (χ0) is 14.7. The second-order valence-electron chi connectivity index (χ2n) is 4.35. The molecule has 6 heteroatoms. The van der Waals surface area contributed by atoms with Crippen molar-refractivity contribution < 1.29 is 0 Å². The van der Waals surface area contributed by atoms with Crippen molar-refractivity contribution in [3.05, 3.63) is 49.6 Å². The molecule has 0 amide bonds. The summed E-state index contributed by atoms with van der Waals surface area (Å²) in [5.41, 5.74) is 2.13. The Morgan fingerprint density at radius 1 is 1.35 bits per heavy atom. The molecule has 1 heterocycles. The summed E-state index contributed by atoms with van der Waals surface area (Å²) in [5.74, 6) is 0. The van der Waals surface area contributed by atoms with Crippen molar-refractivity contribution in [3.8, 4) is 0 Å². The van der Waals surface area contributed by atoms with Crippen LogP contribution in [0.5, 0.6) is 0 Å². The Balaban J connectivity index is 2.56. The molecule has 0 fully saturated rings. The van der Waals surface area contributed by atoms with Gasteiger partial charge in [0.2, 0.25) is 0 Å². The van der Waals surface area contributed by atoms with Gasteiger partial charge in [-0.1, -0.05) is 50.4 Å². The van der Waals surface area contributed by atoms with Crippen LogP contribution in [-0.2, 0) is 6.54 Å². The van der Waals surface area contributed by atoms with Gasteiger partial charge in [0.15, 0.2) is 0 Å². The minimum atomic E-state index is 0.00169. The molecule has 0 saturated heterocycles. The molecule has 2 rings (SSSR count). The number of hydrogen-bond acceptors (Lipinski definition) is 2. The SMILES string of the molecule is CCNC(c1cc(Br)ccc1Br)c1c(Cl)cnn1CC. The highest BCUT2D eigenvalue weighted by molar-refractivity contribution is 9.11. The van der Waals surface area contributed by atoms with E-state index in [1.165, 1.54) is 0 Å². The van der Waals surface area contributed by atoms with E-state index in [9.17, 15) is 0 Å². The topological polar surface area (TPSA) is 29.9 Å². The Hall–Kier alpha value is -0.360. The first-order valence-electron chi connectivity index (χ1n) is 6.48. The fourth-order valence-corrected chi connectivity index (χ4v) is 3.31. The van der Waals surface area contributed by atoms with Crippen LogP contribution in [0.2, 0.25) is 5.02 Å². The summed E-state index contributed by atoms with van der Waals surface area (Å²) in [4.78, 5) is 0. The number of nitrogens with zero attached hydrogens (tertiary/aromatic N) is 2. The Morgan fingerprint density at radius 2 is 2.10 bits per heavy atom. The summed E-state index contributed by atoms with van der Waals surface area (Å²) in [6, 6.07) is 6.14. The van der Waals surface area contributed by atoms with Crippen molar-refractivity contribution in [1.82, 2.24) is 15.1 Å². The first-order chi connectivity index (χ1) is 9.58. The number of rotatable bonds is 5. The Morgan fingerprint density at radius 3 is 2.75 bits per heavy atom. The van der Waals surface area contributed by atoms with Gasteiger partial charge in [0, 0.05) is 15.5 Å². The molecule has 0 aliphatic carbocycles. The van der Waals surface area contributed by atoms with Gasteiger partial charge in [-0.2, -0.15) is 5.10 Å². The zero-order valence-corrected chi connectivity index (χ0v) is 15.3. The summed E-state index contributed by atoms with van der Waals surface area (Å²) in [7, 11) is 0. The molecule has 108 valence electrons. The van der Waals surface area contributed by atoms with E-state index in [1.807, 2.05) is 16.8 Å². The lowest BCUT2D eigenvalue weighted by atomic mass is 10.0. The molecule has 2 aromatic rings. The highest BCUT2D eigenvalue weighted by Crippen LogP contribution is 2.34. The summed E-state index contributed by atoms with van der Waals surface area (Å²) in [5, 5.41) is 8.51. The molecule has 0 saturated carbocycles. The molecule has 0 spiro atoms. The molecule has 0 bridgehead atoms. The third-order valence-corrected chi connectivity index (χ3v) is 4.59. The van der Waals surface area contributed by atoms with E-state index in [4.69, 9.17) is 11.6 Å². The van der Waals surface area contributed by atoms with Gasteiger partial charge < -0.3 is 5.32 Å². The lowest BCUT2D eigenvalue weighted by molar-refractivity contribution is 0.541. The molecule has 0 aliphatic rings. The predicted octanol–water partition coefficient (Wildman–Crippen LogP) is 4.78. The fourth-order valence-electron chi connectivity index (χ4n) is 2.20. The van der Waals surface area contributed by atoms with Gasteiger partial charge in [-0.25, -0.2) is 0 Å². The van der Waals surface area contributed by atoms with Crippen LogP contribution < -0.4 is 5.32 Å². The van der Waals surface area contributed by atoms with Crippen LogP contribution in [0, 0.1) is 0 Å². The predicted molar refractivity (Wildman–Crippen MR) is 90.3 cm³/mol. The minimum absolute atomic E-state index is 0.00169. The van der Waals surface area contributed by atoms with E-state index in [1.54, 1.807) is 6.20 Å². The van der Waals surface area contributed by atoms with E-state index in [2.05, 4.69) is 62.2 Å². The molecule has 1 N–H and O–H groups in total. The average molecular weight is 422 g/mol. The monoisotopic (exact) mass is 419 g/mol. The van der Waals surface area contributed by atoms with Gasteiger partial charge in [-0.05, 0) is 37.2 Å². The quantitative estimate of drug-likeness (QED) is 0.753. The lowest BCUT2D eigenvalue weighted by Gasteiger charge is -2.21. The molecule has 3 nitrogen and oxygen atoms in total. The number of halogens is 3. The van der Waals surface area contributed by atoms with Crippen molar-refractivity contribution in [1.29, 1.82) is 0 Å². The highest BCUT2D eigenvalue weighted by atomic mass is 79.9. The molecular formula is C14H16Br2ClN3. The van der Waals surface area contributed by atoms with E-state index >= 15 is 0 Å². The number of aryl methyl sites for hydroxylation is 1. The second-order valence-corrected chi connectivity index (χ2v) is 6.53. The van der Waals surface area contributed by atoms with E-state index < -0.39 is 0 Å². The number of nitrogens with one attached hydrogen (secondary N) is 1. The number of hydrogen-bond donors (Lipinski definition) is 1. The summed E-state index contributed by atoms with van der Waals surface area (Å²) >= 11 is 13.5. The standard InChI is InChI=1S/C14H16Br2ClN3/c1-3-18-13(10-7-9(15)5-6-11(10)16)14-12(17)8-19-20(14)4-2/h5-8,13,18H,3-4H2,1-2H3. The molecule has 1 aromatic carbocycles. The number of aromatic nitrogens is 2. The largest absolute Gasteiger partial charge is 0.305 e. The zero-order valence-electron chi connectivity index (χ0n) is 11.3. The molecule has 1 unspecified atom stereocenters. The van der Waals surface area contributed by atoms with Gasteiger partial charge in [-0.15, -0.1) is 0 Å². The fraction of sp³-hybridized carbons (Fsp3) is 0.357. The van der Waals surface area contributed by atoms with Gasteiger partial charge in [-0.3, -0.25) is 4.68 Å². The first kappa shape index (κ1) is 16.0. The molecule has 0 aliphatic heterocycles. The lowest BCUT2D eigenvalue weighted by Crippen LogP contribution is -2.25. The minimum Gasteiger partial charge on any atom is -0.305 e. The van der Waals surface area contributed by atoms with Crippen LogP contribution in [0.15, 0.2) is 33.3 Å². The van der Waals surface area contributed by atoms with E-state index in [0.717, 1.165) is 33.3 Å². The van der Waals surface area contributed by atoms with Crippen molar-refractivity contribution in [3.63, 3.8) is 0 Å². The van der Waals surface area contributed by atoms with Crippen LogP contribution in [0.1, 0.15) is 31.1 Å². The highest BCUT2D eigenvalue weighted by Gasteiger charge is 2.23. The summed E-state index contributed by atoms with van der Waals surface area (Å²) in [6.07, 6.45) is 1.70. The molecule has 0 radical (unpaired) electrons. The molecule has 20 heavy (non-hydrogen) atoms. The Kier molecular flexibility index (Phi) is 5.66. The van der Waals surface area contributed by atoms with Crippen molar-refractivity contribution >= 4 is 43.5 Å². The average Bonchev–Trinajstić information content (AvgIpc) is 2.80. The molecule has 1 atom stereocenters. The van der Waals surface area contributed by atoms with E-state index in [-0.39, 0.29) is 6.04 Å². The normalized spacial score (nSPS) is 12.7. The van der Waals surface area contributed by atoms with E-state index in [0.29, 0.717) is 5.02 Å². The van der Waals surface area contributed by atoms with Crippen LogP contribution >= 0.6 is 43.5 Å². The number of benzene rings is 1. The maximum atomic E-state index is 6.35. The Bertz CT molecular complexity index is 598. The summed E-state index contributed by atoms with van der Waals surface area (Å²) < 4.78 is 4.02. The van der Waals surface area contributed by atoms with Crippen LogP contribution in [0.25, 0.3) is 0 Å². The maximum absolute atomic E-state index is 6.35. The van der Waals surface area contributed by atoms with Crippen LogP contribution in [0.4, 0.5) is 0 Å². The van der Waals surface area contributed by atoms with Crippen molar-refractivity contribution in [2.24, 2.45) is 0 Å². The van der Waals surface area contributed by atoms with Crippen LogP contribution in [0.3, 0.4) is 0 Å². The van der Waals surface area contributed by atoms with Gasteiger partial charge in [0.25, 0.3) is 0 Å².